The Labute approximate surface area is 169 Å². The first-order valence-electron chi connectivity index (χ1n) is 9.18. The first-order chi connectivity index (χ1) is 13.1. The summed E-state index contributed by atoms with van der Waals surface area (Å²) in [4.78, 5) is 31.4. The Kier molecular flexibility index (Phi) is 11.1. The van der Waals surface area contributed by atoms with Crippen LogP contribution in [0.15, 0.2) is 0 Å². The van der Waals surface area contributed by atoms with Crippen LogP contribution >= 0.6 is 21.6 Å². The van der Waals surface area contributed by atoms with Crippen molar-refractivity contribution < 1.29 is 37.8 Å². The number of halogens is 3. The lowest BCUT2D eigenvalue weighted by molar-refractivity contribution is -0.192. The Balaban J connectivity index is 0.000000480. The Hall–Kier alpha value is -1.10. The first-order valence-corrected chi connectivity index (χ1v) is 11.7. The third kappa shape index (κ3) is 9.90. The SMILES string of the molecule is O=C(O)C(F)(F)F.O=C(O)CCSSCCNC(=O)C1C2CCCCCCC21. The van der Waals surface area contributed by atoms with Crippen molar-refractivity contribution in [3.8, 4) is 0 Å². The number of rotatable bonds is 8. The second-order valence-electron chi connectivity index (χ2n) is 6.73. The van der Waals surface area contributed by atoms with Crippen LogP contribution in [0.5, 0.6) is 0 Å². The van der Waals surface area contributed by atoms with Crippen LogP contribution in [0.25, 0.3) is 0 Å². The standard InChI is InChI=1S/C15H25NO3S2.C2HF3O2/c17-13(18)7-9-20-21-10-8-16-15(19)14-11-5-3-1-2-4-6-12(11)14;3-2(4,5)1(6)7/h11-12,14H,1-10H2,(H,16,19)(H,17,18);(H,6,7). The zero-order valence-corrected chi connectivity index (χ0v) is 17.0. The third-order valence-electron chi connectivity index (χ3n) is 4.67. The molecule has 2 aliphatic rings. The molecule has 3 N–H and O–H groups in total. The van der Waals surface area contributed by atoms with Gasteiger partial charge in [0.05, 0.1) is 6.42 Å². The summed E-state index contributed by atoms with van der Waals surface area (Å²) in [6.45, 7) is 0.694. The highest BCUT2D eigenvalue weighted by molar-refractivity contribution is 8.76. The Morgan fingerprint density at radius 2 is 1.43 bits per heavy atom. The van der Waals surface area contributed by atoms with Crippen molar-refractivity contribution in [2.45, 2.75) is 51.1 Å². The number of carboxylic acids is 2. The maximum Gasteiger partial charge on any atom is 0.490 e. The average molecular weight is 446 g/mol. The molecule has 0 spiro atoms. The largest absolute Gasteiger partial charge is 0.490 e. The van der Waals surface area contributed by atoms with E-state index in [1.807, 2.05) is 0 Å². The predicted octanol–water partition coefficient (Wildman–Crippen LogP) is 3.81. The van der Waals surface area contributed by atoms with Crippen molar-refractivity contribution >= 4 is 39.4 Å². The molecular weight excluding hydrogens is 419 g/mol. The third-order valence-corrected chi connectivity index (χ3v) is 7.08. The summed E-state index contributed by atoms with van der Waals surface area (Å²) in [7, 11) is 3.21. The van der Waals surface area contributed by atoms with E-state index in [4.69, 9.17) is 15.0 Å². The van der Waals surface area contributed by atoms with E-state index in [1.54, 1.807) is 21.6 Å². The van der Waals surface area contributed by atoms with Crippen LogP contribution in [-0.2, 0) is 14.4 Å². The van der Waals surface area contributed by atoms with Gasteiger partial charge in [0.15, 0.2) is 0 Å². The van der Waals surface area contributed by atoms with Gasteiger partial charge in [0.25, 0.3) is 0 Å². The second kappa shape index (κ2) is 12.5. The normalized spacial score (nSPS) is 23.9. The maximum atomic E-state index is 12.2. The fourth-order valence-electron chi connectivity index (χ4n) is 3.32. The van der Waals surface area contributed by atoms with Crippen LogP contribution in [0.2, 0.25) is 0 Å². The average Bonchev–Trinajstić information content (AvgIpc) is 3.24. The number of carboxylic acid groups (broad SMARTS) is 2. The molecule has 28 heavy (non-hydrogen) atoms. The molecule has 2 saturated carbocycles. The Morgan fingerprint density at radius 3 is 1.89 bits per heavy atom. The van der Waals surface area contributed by atoms with Crippen LogP contribution in [0.1, 0.15) is 44.9 Å². The van der Waals surface area contributed by atoms with E-state index in [1.165, 1.54) is 38.5 Å². The zero-order chi connectivity index (χ0) is 21.2. The summed E-state index contributed by atoms with van der Waals surface area (Å²) < 4.78 is 31.7. The second-order valence-corrected chi connectivity index (χ2v) is 9.43. The highest BCUT2D eigenvalue weighted by Crippen LogP contribution is 2.53. The number of nitrogens with one attached hydrogen (secondary N) is 1. The van der Waals surface area contributed by atoms with E-state index in [2.05, 4.69) is 5.32 Å². The topological polar surface area (TPSA) is 104 Å². The molecule has 0 radical (unpaired) electrons. The van der Waals surface area contributed by atoms with Gasteiger partial charge in [-0.2, -0.15) is 13.2 Å². The summed E-state index contributed by atoms with van der Waals surface area (Å²) in [6.07, 6.45) is 2.85. The number of aliphatic carboxylic acids is 2. The van der Waals surface area contributed by atoms with Gasteiger partial charge in [-0.05, 0) is 24.7 Å². The summed E-state index contributed by atoms with van der Waals surface area (Å²) in [6, 6.07) is 0. The van der Waals surface area contributed by atoms with E-state index in [-0.39, 0.29) is 18.2 Å². The van der Waals surface area contributed by atoms with Gasteiger partial charge >= 0.3 is 18.1 Å². The van der Waals surface area contributed by atoms with Crippen molar-refractivity contribution in [1.82, 2.24) is 5.32 Å². The van der Waals surface area contributed by atoms with E-state index in [0.717, 1.165) is 5.75 Å². The van der Waals surface area contributed by atoms with E-state index in [9.17, 15) is 22.8 Å². The molecule has 0 aromatic rings. The molecule has 0 saturated heterocycles. The van der Waals surface area contributed by atoms with E-state index in [0.29, 0.717) is 24.1 Å². The smallest absolute Gasteiger partial charge is 0.481 e. The van der Waals surface area contributed by atoms with Crippen molar-refractivity contribution in [1.29, 1.82) is 0 Å². The molecule has 162 valence electrons. The minimum Gasteiger partial charge on any atom is -0.481 e. The minimum atomic E-state index is -5.08. The van der Waals surface area contributed by atoms with Gasteiger partial charge in [-0.15, -0.1) is 0 Å². The molecule has 0 aromatic carbocycles. The van der Waals surface area contributed by atoms with Crippen LogP contribution < -0.4 is 5.32 Å². The number of carbonyl (C=O) groups is 3. The molecule has 0 aromatic heterocycles. The molecule has 6 nitrogen and oxygen atoms in total. The lowest BCUT2D eigenvalue weighted by atomic mass is 10.0. The van der Waals surface area contributed by atoms with Gasteiger partial charge in [-0.3, -0.25) is 9.59 Å². The lowest BCUT2D eigenvalue weighted by Crippen LogP contribution is -2.28. The number of amides is 1. The molecular formula is C17H26F3NO5S2. The quantitative estimate of drug-likeness (QED) is 0.386. The summed E-state index contributed by atoms with van der Waals surface area (Å²) >= 11 is 0. The Bertz CT molecular complexity index is 519. The van der Waals surface area contributed by atoms with Gasteiger partial charge in [-0.25, -0.2) is 4.79 Å². The predicted molar refractivity (Wildman–Crippen MR) is 102 cm³/mol. The van der Waals surface area contributed by atoms with Crippen LogP contribution in [0, 0.1) is 17.8 Å². The Morgan fingerprint density at radius 1 is 0.929 bits per heavy atom. The number of hydrogen-bond donors (Lipinski definition) is 3. The molecule has 2 atom stereocenters. The van der Waals surface area contributed by atoms with Crippen LogP contribution in [-0.4, -0.2) is 52.3 Å². The van der Waals surface area contributed by atoms with E-state index >= 15 is 0 Å². The monoisotopic (exact) mass is 445 g/mol. The number of alkyl halides is 3. The molecule has 11 heteroatoms. The van der Waals surface area contributed by atoms with Crippen LogP contribution in [0.4, 0.5) is 13.2 Å². The summed E-state index contributed by atoms with van der Waals surface area (Å²) in [5.41, 5.74) is 0. The molecule has 2 unspecified atom stereocenters. The van der Waals surface area contributed by atoms with Crippen molar-refractivity contribution in [2.75, 3.05) is 18.1 Å². The maximum absolute atomic E-state index is 12.2. The van der Waals surface area contributed by atoms with Gasteiger partial charge in [0.2, 0.25) is 5.91 Å². The lowest BCUT2D eigenvalue weighted by Gasteiger charge is -2.04. The summed E-state index contributed by atoms with van der Waals surface area (Å²) in [5.74, 6) is -0.188. The fourth-order valence-corrected chi connectivity index (χ4v) is 5.20. The van der Waals surface area contributed by atoms with Gasteiger partial charge in [0.1, 0.15) is 0 Å². The van der Waals surface area contributed by atoms with Crippen molar-refractivity contribution in [3.05, 3.63) is 0 Å². The number of fused-ring (bicyclic) bond motifs is 1. The van der Waals surface area contributed by atoms with Gasteiger partial charge < -0.3 is 15.5 Å². The minimum absolute atomic E-state index is 0.204. The van der Waals surface area contributed by atoms with Gasteiger partial charge in [-0.1, -0.05) is 47.3 Å². The fraction of sp³-hybridized carbons (Fsp3) is 0.824. The molecule has 1 amide bonds. The van der Waals surface area contributed by atoms with Crippen LogP contribution in [0.3, 0.4) is 0 Å². The number of carbonyl (C=O) groups excluding carboxylic acids is 1. The van der Waals surface area contributed by atoms with E-state index < -0.39 is 18.1 Å². The molecule has 2 rings (SSSR count). The van der Waals surface area contributed by atoms with Gasteiger partial charge in [0, 0.05) is 24.0 Å². The highest BCUT2D eigenvalue weighted by atomic mass is 33.1. The molecule has 2 fully saturated rings. The number of hydrogen-bond acceptors (Lipinski definition) is 5. The highest BCUT2D eigenvalue weighted by Gasteiger charge is 2.53. The first kappa shape index (κ1) is 24.9. The summed E-state index contributed by atoms with van der Waals surface area (Å²) in [5, 5.41) is 18.7. The molecule has 0 aliphatic heterocycles. The molecule has 0 bridgehead atoms. The molecule has 2 aliphatic carbocycles. The van der Waals surface area contributed by atoms with Crippen molar-refractivity contribution in [2.24, 2.45) is 17.8 Å². The zero-order valence-electron chi connectivity index (χ0n) is 15.4. The molecule has 0 heterocycles. The van der Waals surface area contributed by atoms with Crippen molar-refractivity contribution in [3.63, 3.8) is 0 Å².